The molecule has 1 aliphatic heterocycles. The number of carbonyl (C=O) groups is 1. The summed E-state index contributed by atoms with van der Waals surface area (Å²) in [5.41, 5.74) is 2.69. The highest BCUT2D eigenvalue weighted by Crippen LogP contribution is 2.42. The van der Waals surface area contributed by atoms with Crippen molar-refractivity contribution in [3.63, 3.8) is 0 Å². The van der Waals surface area contributed by atoms with Crippen molar-refractivity contribution in [1.29, 1.82) is 0 Å². The number of alkyl halides is 3. The summed E-state index contributed by atoms with van der Waals surface area (Å²) >= 11 is 0. The summed E-state index contributed by atoms with van der Waals surface area (Å²) in [6.45, 7) is 5.43. The zero-order valence-electron chi connectivity index (χ0n) is 16.6. The van der Waals surface area contributed by atoms with Gasteiger partial charge < -0.3 is 0 Å². The molecule has 2 aromatic rings. The Morgan fingerprint density at radius 1 is 1.18 bits per heavy atom. The van der Waals surface area contributed by atoms with E-state index in [0.29, 0.717) is 0 Å². The molecule has 1 fully saturated rings. The molecule has 6 heteroatoms. The smallest absolute Gasteiger partial charge is 0.287 e. The maximum Gasteiger partial charge on any atom is 0.409 e. The summed E-state index contributed by atoms with van der Waals surface area (Å²) in [7, 11) is 0. The second-order valence-electron chi connectivity index (χ2n) is 8.26. The number of carbonyl (C=O) groups excluding carboxylic acids is 1. The molecular weight excluding hydrogens is 365 g/mol. The van der Waals surface area contributed by atoms with Crippen LogP contribution in [0.5, 0.6) is 0 Å². The molecular formula is C22H27F3N2O. The molecule has 28 heavy (non-hydrogen) atoms. The average Bonchev–Trinajstić information content (AvgIpc) is 2.86. The van der Waals surface area contributed by atoms with Crippen LogP contribution in [0, 0.1) is 5.41 Å². The summed E-state index contributed by atoms with van der Waals surface area (Å²) < 4.78 is 42.2. The SMILES string of the molecule is CCCCCc1cc([C@H](N2CC(C)(C)C(=O)N2)C(F)(F)F)cc2ccccc12. The molecule has 3 rings (SSSR count). The lowest BCUT2D eigenvalue weighted by atomic mass is 9.92. The molecule has 0 radical (unpaired) electrons. The van der Waals surface area contributed by atoms with Gasteiger partial charge in [0.25, 0.3) is 0 Å². The molecule has 1 atom stereocenters. The van der Waals surface area contributed by atoms with E-state index in [1.165, 1.54) is 0 Å². The first-order valence-electron chi connectivity index (χ1n) is 9.79. The number of hydrogen-bond acceptors (Lipinski definition) is 2. The Bertz CT molecular complexity index is 860. The van der Waals surface area contributed by atoms with Gasteiger partial charge >= 0.3 is 6.18 Å². The van der Waals surface area contributed by atoms with Crippen molar-refractivity contribution in [1.82, 2.24) is 10.4 Å². The summed E-state index contributed by atoms with van der Waals surface area (Å²) in [5, 5.41) is 2.84. The number of benzene rings is 2. The van der Waals surface area contributed by atoms with Crippen molar-refractivity contribution in [2.24, 2.45) is 5.41 Å². The first-order chi connectivity index (χ1) is 13.1. The monoisotopic (exact) mass is 392 g/mol. The molecule has 3 nitrogen and oxygen atoms in total. The maximum atomic E-state index is 14.1. The van der Waals surface area contributed by atoms with Crippen LogP contribution in [0.4, 0.5) is 13.2 Å². The summed E-state index contributed by atoms with van der Waals surface area (Å²) in [6, 6.07) is 8.97. The number of nitrogens with zero attached hydrogens (tertiary/aromatic N) is 1. The Balaban J connectivity index is 2.06. The van der Waals surface area contributed by atoms with Gasteiger partial charge in [0.1, 0.15) is 6.04 Å². The number of halogens is 3. The van der Waals surface area contributed by atoms with Gasteiger partial charge in [0.05, 0.1) is 5.41 Å². The van der Waals surface area contributed by atoms with E-state index in [-0.39, 0.29) is 18.0 Å². The zero-order chi connectivity index (χ0) is 20.5. The first kappa shape index (κ1) is 20.6. The van der Waals surface area contributed by atoms with Crippen molar-refractivity contribution in [2.75, 3.05) is 6.54 Å². The molecule has 152 valence electrons. The van der Waals surface area contributed by atoms with Gasteiger partial charge in [-0.05, 0) is 54.7 Å². The minimum absolute atomic E-state index is 0.00794. The minimum Gasteiger partial charge on any atom is -0.287 e. The molecule has 0 aromatic heterocycles. The molecule has 1 N–H and O–H groups in total. The lowest BCUT2D eigenvalue weighted by molar-refractivity contribution is -0.191. The van der Waals surface area contributed by atoms with Crippen LogP contribution in [-0.2, 0) is 11.2 Å². The Kier molecular flexibility index (Phi) is 5.71. The summed E-state index contributed by atoms with van der Waals surface area (Å²) in [6.07, 6.45) is -0.731. The Morgan fingerprint density at radius 2 is 1.89 bits per heavy atom. The molecule has 1 amide bonds. The van der Waals surface area contributed by atoms with E-state index in [2.05, 4.69) is 12.3 Å². The average molecular weight is 392 g/mol. The van der Waals surface area contributed by atoms with E-state index in [4.69, 9.17) is 0 Å². The third kappa shape index (κ3) is 4.17. The first-order valence-corrected chi connectivity index (χ1v) is 9.79. The van der Waals surface area contributed by atoms with Crippen LogP contribution in [0.1, 0.15) is 57.2 Å². The largest absolute Gasteiger partial charge is 0.409 e. The van der Waals surface area contributed by atoms with Crippen LogP contribution in [0.3, 0.4) is 0 Å². The van der Waals surface area contributed by atoms with Crippen molar-refractivity contribution in [2.45, 2.75) is 58.7 Å². The summed E-state index contributed by atoms with van der Waals surface area (Å²) in [4.78, 5) is 12.1. The molecule has 1 saturated heterocycles. The Morgan fingerprint density at radius 3 is 2.50 bits per heavy atom. The van der Waals surface area contributed by atoms with E-state index in [1.54, 1.807) is 26.0 Å². The molecule has 0 unspecified atom stereocenters. The standard InChI is InChI=1S/C22H27F3N2O/c1-4-5-6-9-15-12-17(13-16-10-7-8-11-18(15)16)19(22(23,24)25)27-14-21(2,3)20(28)26-27/h7-8,10-13,19H,4-6,9,14H2,1-3H3,(H,26,28)/t19-/m0/s1. The van der Waals surface area contributed by atoms with Crippen molar-refractivity contribution < 1.29 is 18.0 Å². The Labute approximate surface area is 163 Å². The van der Waals surface area contributed by atoms with E-state index in [1.807, 2.05) is 24.3 Å². The predicted molar refractivity (Wildman–Crippen MR) is 105 cm³/mol. The van der Waals surface area contributed by atoms with E-state index < -0.39 is 17.6 Å². The van der Waals surface area contributed by atoms with Crippen LogP contribution >= 0.6 is 0 Å². The lowest BCUT2D eigenvalue weighted by Crippen LogP contribution is -2.43. The number of fused-ring (bicyclic) bond motifs is 1. The second kappa shape index (κ2) is 7.74. The lowest BCUT2D eigenvalue weighted by Gasteiger charge is -2.30. The quantitative estimate of drug-likeness (QED) is 0.654. The van der Waals surface area contributed by atoms with E-state index in [0.717, 1.165) is 47.0 Å². The fourth-order valence-corrected chi connectivity index (χ4v) is 3.87. The van der Waals surface area contributed by atoms with Gasteiger partial charge in [0.2, 0.25) is 5.91 Å². The van der Waals surface area contributed by atoms with Gasteiger partial charge in [0, 0.05) is 6.54 Å². The third-order valence-electron chi connectivity index (χ3n) is 5.38. The van der Waals surface area contributed by atoms with Crippen LogP contribution in [0.2, 0.25) is 0 Å². The predicted octanol–water partition coefficient (Wildman–Crippen LogP) is 5.55. The fourth-order valence-electron chi connectivity index (χ4n) is 3.87. The highest BCUT2D eigenvalue weighted by Gasteiger charge is 2.51. The van der Waals surface area contributed by atoms with Gasteiger partial charge in [-0.15, -0.1) is 0 Å². The van der Waals surface area contributed by atoms with Crippen LogP contribution in [0.15, 0.2) is 36.4 Å². The number of nitrogens with one attached hydrogen (secondary N) is 1. The van der Waals surface area contributed by atoms with Gasteiger partial charge in [-0.2, -0.15) is 13.2 Å². The van der Waals surface area contributed by atoms with Crippen LogP contribution in [0.25, 0.3) is 10.8 Å². The molecule has 1 heterocycles. The van der Waals surface area contributed by atoms with Gasteiger partial charge in [-0.3, -0.25) is 10.2 Å². The highest BCUT2D eigenvalue weighted by atomic mass is 19.4. The maximum absolute atomic E-state index is 14.1. The molecule has 0 aliphatic carbocycles. The topological polar surface area (TPSA) is 32.3 Å². The molecule has 2 aromatic carbocycles. The van der Waals surface area contributed by atoms with Gasteiger partial charge in [-0.1, -0.05) is 50.1 Å². The number of aryl methyl sites for hydroxylation is 1. The number of unbranched alkanes of at least 4 members (excludes halogenated alkanes) is 2. The number of hydrogen-bond donors (Lipinski definition) is 1. The summed E-state index contributed by atoms with van der Waals surface area (Å²) in [5.74, 6) is -0.384. The normalized spacial score (nSPS) is 18.4. The molecule has 1 aliphatic rings. The Hall–Kier alpha value is -2.08. The van der Waals surface area contributed by atoms with Crippen LogP contribution in [-0.4, -0.2) is 23.6 Å². The number of amides is 1. The fraction of sp³-hybridized carbons (Fsp3) is 0.500. The zero-order valence-corrected chi connectivity index (χ0v) is 16.6. The number of hydrazine groups is 1. The third-order valence-corrected chi connectivity index (χ3v) is 5.38. The van der Waals surface area contributed by atoms with Crippen LogP contribution < -0.4 is 5.43 Å². The second-order valence-corrected chi connectivity index (χ2v) is 8.26. The van der Waals surface area contributed by atoms with Gasteiger partial charge in [0.15, 0.2) is 0 Å². The van der Waals surface area contributed by atoms with Gasteiger partial charge in [-0.25, -0.2) is 5.01 Å². The van der Waals surface area contributed by atoms with Crippen molar-refractivity contribution in [3.8, 4) is 0 Å². The van der Waals surface area contributed by atoms with E-state index in [9.17, 15) is 18.0 Å². The van der Waals surface area contributed by atoms with Crippen molar-refractivity contribution in [3.05, 3.63) is 47.5 Å². The number of rotatable bonds is 6. The molecule has 0 saturated carbocycles. The van der Waals surface area contributed by atoms with Crippen molar-refractivity contribution >= 4 is 16.7 Å². The molecule has 0 spiro atoms. The minimum atomic E-state index is -4.50. The molecule has 0 bridgehead atoms. The highest BCUT2D eigenvalue weighted by molar-refractivity contribution is 5.87. The van der Waals surface area contributed by atoms with E-state index >= 15 is 0 Å².